The van der Waals surface area contributed by atoms with E-state index in [0.717, 1.165) is 35.6 Å². The van der Waals surface area contributed by atoms with E-state index in [-0.39, 0.29) is 0 Å². The van der Waals surface area contributed by atoms with E-state index in [1.807, 2.05) is 24.5 Å². The van der Waals surface area contributed by atoms with Crippen LogP contribution in [0.5, 0.6) is 0 Å². The lowest BCUT2D eigenvalue weighted by Gasteiger charge is -2.60. The molecule has 2 saturated carbocycles. The van der Waals surface area contributed by atoms with Crippen molar-refractivity contribution in [1.82, 2.24) is 19.9 Å². The third kappa shape index (κ3) is 4.18. The molecule has 0 spiro atoms. The Hall–Kier alpha value is -4.18. The van der Waals surface area contributed by atoms with Crippen LogP contribution in [0.4, 0.5) is 0 Å². The van der Waals surface area contributed by atoms with Gasteiger partial charge in [-0.1, -0.05) is 64.1 Å². The van der Waals surface area contributed by atoms with Gasteiger partial charge in [0.2, 0.25) is 0 Å². The molecule has 46 heavy (non-hydrogen) atoms. The smallest absolute Gasteiger partial charge is 0.0889 e. The maximum atomic E-state index is 4.92. The Bertz CT molecular complexity index is 1810. The van der Waals surface area contributed by atoms with Crippen LogP contribution in [0.2, 0.25) is 0 Å². The SMILES string of the molecule is CC1(C)C2CC1[C@@H](Cc1cccc(C[C@H]3c4cc(-c5ccccn5)ncc4[C@H]4C[C@@H]3C4(C)C)c1)c1cc(-c3ccccn3)ncc12. The van der Waals surface area contributed by atoms with Crippen molar-refractivity contribution < 1.29 is 0 Å². The minimum Gasteiger partial charge on any atom is -0.255 e. The number of rotatable bonds is 6. The molecule has 2 unspecified atom stereocenters. The minimum atomic E-state index is 0.307. The van der Waals surface area contributed by atoms with Gasteiger partial charge in [0, 0.05) is 24.8 Å². The summed E-state index contributed by atoms with van der Waals surface area (Å²) in [6.07, 6.45) is 12.8. The topological polar surface area (TPSA) is 51.6 Å². The zero-order chi connectivity index (χ0) is 31.2. The number of benzene rings is 1. The van der Waals surface area contributed by atoms with Crippen LogP contribution in [0.3, 0.4) is 0 Å². The summed E-state index contributed by atoms with van der Waals surface area (Å²) < 4.78 is 0. The van der Waals surface area contributed by atoms with Gasteiger partial charge in [-0.3, -0.25) is 19.9 Å². The number of nitrogens with zero attached hydrogens (tertiary/aromatic N) is 4. The Balaban J connectivity index is 1.04. The fraction of sp³-hybridized carbons (Fsp3) is 0.381. The summed E-state index contributed by atoms with van der Waals surface area (Å²) in [6.45, 7) is 9.92. The van der Waals surface area contributed by atoms with Crippen molar-refractivity contribution in [2.75, 3.05) is 0 Å². The lowest BCUT2D eigenvalue weighted by Crippen LogP contribution is -2.51. The van der Waals surface area contributed by atoms with Crippen molar-refractivity contribution in [3.8, 4) is 22.8 Å². The normalized spacial score (nSPS) is 27.5. The summed E-state index contributed by atoms with van der Waals surface area (Å²) in [5, 5.41) is 0. The first-order valence-corrected chi connectivity index (χ1v) is 17.2. The van der Waals surface area contributed by atoms with Gasteiger partial charge in [0.1, 0.15) is 0 Å². The largest absolute Gasteiger partial charge is 0.255 e. The number of pyridine rings is 4. The number of hydrogen-bond acceptors (Lipinski definition) is 4. The molecule has 0 radical (unpaired) electrons. The van der Waals surface area contributed by atoms with Crippen molar-refractivity contribution in [2.24, 2.45) is 22.7 Å². The van der Waals surface area contributed by atoms with Crippen LogP contribution in [0.1, 0.15) is 97.6 Å². The van der Waals surface area contributed by atoms with E-state index in [9.17, 15) is 0 Å². The summed E-state index contributed by atoms with van der Waals surface area (Å²) in [6, 6.07) is 26.5. The van der Waals surface area contributed by atoms with E-state index in [2.05, 4.69) is 111 Å². The van der Waals surface area contributed by atoms with Crippen molar-refractivity contribution in [3.63, 3.8) is 0 Å². The monoisotopic (exact) mass is 602 g/mol. The van der Waals surface area contributed by atoms with Gasteiger partial charge < -0.3 is 0 Å². The average molecular weight is 603 g/mol. The molecule has 1 aromatic carbocycles. The molecule has 0 saturated heterocycles. The highest BCUT2D eigenvalue weighted by molar-refractivity contribution is 5.59. The second-order valence-corrected chi connectivity index (χ2v) is 15.7. The summed E-state index contributed by atoms with van der Waals surface area (Å²) >= 11 is 0. The standard InChI is InChI=1S/C42H42N4/c1-41(2)33-21-35(41)31-23-45-39(37-12-5-7-14-43-37)19-27(31)29(33)17-25-10-9-11-26(16-25)18-30-28-20-40(38-13-6-8-15-44-38)46-24-32(28)36-22-34(30)42(36,3)4/h5-16,19-20,23-24,29-30,33-36H,17-18,21-22H2,1-4H3/t29-,30-,33-,34?,35+,36?/m0/s1. The van der Waals surface area contributed by atoms with Gasteiger partial charge in [-0.05, 0) is 142 Å². The number of hydrogen-bond donors (Lipinski definition) is 0. The molecule has 230 valence electrons. The Labute approximate surface area is 272 Å². The second kappa shape index (κ2) is 10.2. The van der Waals surface area contributed by atoms with Crippen molar-refractivity contribution >= 4 is 0 Å². The molecule has 2 fully saturated rings. The predicted molar refractivity (Wildman–Crippen MR) is 184 cm³/mol. The van der Waals surface area contributed by atoms with Crippen molar-refractivity contribution in [3.05, 3.63) is 131 Å². The van der Waals surface area contributed by atoms with E-state index in [0.29, 0.717) is 46.3 Å². The quantitative estimate of drug-likeness (QED) is 0.194. The Morgan fingerprint density at radius 3 is 1.41 bits per heavy atom. The third-order valence-corrected chi connectivity index (χ3v) is 12.9. The first-order chi connectivity index (χ1) is 22.3. The van der Waals surface area contributed by atoms with Gasteiger partial charge in [0.15, 0.2) is 0 Å². The molecule has 0 aliphatic heterocycles. The molecule has 0 amide bonds. The second-order valence-electron chi connectivity index (χ2n) is 15.7. The maximum Gasteiger partial charge on any atom is 0.0889 e. The van der Waals surface area contributed by atoms with E-state index < -0.39 is 0 Å². The van der Waals surface area contributed by atoms with Crippen LogP contribution in [0.25, 0.3) is 22.8 Å². The Kier molecular flexibility index (Phi) is 6.20. The zero-order valence-corrected chi connectivity index (χ0v) is 27.3. The fourth-order valence-corrected chi connectivity index (χ4v) is 10.2. The molecule has 11 rings (SSSR count). The van der Waals surface area contributed by atoms with Crippen LogP contribution in [-0.4, -0.2) is 19.9 Å². The summed E-state index contributed by atoms with van der Waals surface area (Å²) in [5.74, 6) is 3.55. The lowest BCUT2D eigenvalue weighted by atomic mass is 9.43. The highest BCUT2D eigenvalue weighted by Crippen LogP contribution is 2.68. The van der Waals surface area contributed by atoms with E-state index in [4.69, 9.17) is 9.97 Å². The first kappa shape index (κ1) is 28.1. The molecule has 4 nitrogen and oxygen atoms in total. The molecule has 4 heteroatoms. The number of aromatic nitrogens is 4. The Morgan fingerprint density at radius 2 is 1.00 bits per heavy atom. The molecule has 6 atom stereocenters. The van der Waals surface area contributed by atoms with E-state index in [1.165, 1.54) is 46.2 Å². The first-order valence-electron chi connectivity index (χ1n) is 17.2. The zero-order valence-electron chi connectivity index (χ0n) is 27.3. The minimum absolute atomic E-state index is 0.307. The van der Waals surface area contributed by atoms with Gasteiger partial charge in [-0.25, -0.2) is 0 Å². The van der Waals surface area contributed by atoms with E-state index >= 15 is 0 Å². The lowest BCUT2D eigenvalue weighted by molar-refractivity contribution is -0.00613. The Morgan fingerprint density at radius 1 is 0.522 bits per heavy atom. The van der Waals surface area contributed by atoms with Crippen molar-refractivity contribution in [1.29, 1.82) is 0 Å². The summed E-state index contributed by atoms with van der Waals surface area (Å²) in [7, 11) is 0. The molecule has 4 bridgehead atoms. The molecular weight excluding hydrogens is 560 g/mol. The average Bonchev–Trinajstić information content (AvgIpc) is 3.08. The molecule has 4 heterocycles. The van der Waals surface area contributed by atoms with Crippen LogP contribution in [0.15, 0.2) is 97.6 Å². The van der Waals surface area contributed by atoms with Crippen molar-refractivity contribution in [2.45, 2.75) is 77.0 Å². The molecule has 6 aliphatic carbocycles. The molecular formula is C42H42N4. The summed E-state index contributed by atoms with van der Waals surface area (Å²) in [5.41, 5.74) is 13.4. The molecule has 0 N–H and O–H groups in total. The van der Waals surface area contributed by atoms with Gasteiger partial charge in [-0.2, -0.15) is 0 Å². The molecule has 6 aliphatic rings. The predicted octanol–water partition coefficient (Wildman–Crippen LogP) is 9.54. The maximum absolute atomic E-state index is 4.92. The van der Waals surface area contributed by atoms with Crippen LogP contribution in [0, 0.1) is 22.7 Å². The van der Waals surface area contributed by atoms with Gasteiger partial charge in [-0.15, -0.1) is 0 Å². The summed E-state index contributed by atoms with van der Waals surface area (Å²) in [4.78, 5) is 19.1. The van der Waals surface area contributed by atoms with Crippen LogP contribution in [-0.2, 0) is 12.8 Å². The highest BCUT2D eigenvalue weighted by Gasteiger charge is 2.58. The molecule has 4 aromatic heterocycles. The fourth-order valence-electron chi connectivity index (χ4n) is 10.2. The van der Waals surface area contributed by atoms with Gasteiger partial charge >= 0.3 is 0 Å². The highest BCUT2D eigenvalue weighted by atomic mass is 14.8. The van der Waals surface area contributed by atoms with Crippen LogP contribution >= 0.6 is 0 Å². The van der Waals surface area contributed by atoms with Gasteiger partial charge in [0.25, 0.3) is 0 Å². The third-order valence-electron chi connectivity index (χ3n) is 12.9. The molecule has 5 aromatic rings. The van der Waals surface area contributed by atoms with Crippen LogP contribution < -0.4 is 0 Å². The van der Waals surface area contributed by atoms with E-state index in [1.54, 1.807) is 0 Å². The van der Waals surface area contributed by atoms with Gasteiger partial charge in [0.05, 0.1) is 22.8 Å².